The molecular weight excluding hydrogens is 759 g/mol. The maximum absolute atomic E-state index is 15.2. The minimum Gasteiger partial charge on any atom is -0.494 e. The summed E-state index contributed by atoms with van der Waals surface area (Å²) in [6.07, 6.45) is 5.46. The number of piperidine rings is 1. The van der Waals surface area contributed by atoms with Crippen molar-refractivity contribution in [3.8, 4) is 16.9 Å². The Hall–Kier alpha value is -4.77. The molecule has 8 rings (SSSR count). The molecule has 12 heteroatoms. The number of carboxylic acid groups (broad SMARTS) is 1. The number of hydrogen-bond donors (Lipinski definition) is 1. The van der Waals surface area contributed by atoms with Crippen molar-refractivity contribution >= 4 is 62.6 Å². The standard InChI is InChI=1S/C45H50Cl2N6O4/c1-25-19-32(20-26(2)41(25)47)57-18-8-9-33-34-11-12-36(46)40(39-28(4)48-52(29(39)5)23-30-14-16-49(6)17-15-30)42(34)53-27(3)22-51(44(54)43(33)53)38-24-50(7)37-13-10-31(45(55)56)21-35(37)38/h10-13,19-21,24,27,30H,8-9,14-18,22-23H2,1-7H3,(H,55,56). The molecule has 1 saturated heterocycles. The van der Waals surface area contributed by atoms with Gasteiger partial charge in [-0.25, -0.2) is 4.79 Å². The van der Waals surface area contributed by atoms with Gasteiger partial charge in [-0.15, -0.1) is 0 Å². The number of aromatic nitrogens is 4. The predicted molar refractivity (Wildman–Crippen MR) is 229 cm³/mol. The highest BCUT2D eigenvalue weighted by molar-refractivity contribution is 6.35. The van der Waals surface area contributed by atoms with Gasteiger partial charge >= 0.3 is 5.97 Å². The highest BCUT2D eigenvalue weighted by Gasteiger charge is 2.38. The van der Waals surface area contributed by atoms with E-state index in [0.29, 0.717) is 48.3 Å². The Balaban J connectivity index is 1.25. The number of aryl methyl sites for hydroxylation is 5. The van der Waals surface area contributed by atoms with Crippen LogP contribution >= 0.6 is 23.2 Å². The molecule has 0 spiro atoms. The van der Waals surface area contributed by atoms with Crippen LogP contribution in [0.2, 0.25) is 10.0 Å². The first-order valence-electron chi connectivity index (χ1n) is 19.8. The zero-order valence-electron chi connectivity index (χ0n) is 33.7. The Morgan fingerprint density at radius 1 is 0.965 bits per heavy atom. The highest BCUT2D eigenvalue weighted by Crippen LogP contribution is 2.46. The molecule has 2 aliphatic rings. The van der Waals surface area contributed by atoms with Crippen LogP contribution in [-0.4, -0.2) is 74.1 Å². The molecule has 57 heavy (non-hydrogen) atoms. The van der Waals surface area contributed by atoms with Crippen LogP contribution in [0.25, 0.3) is 32.9 Å². The van der Waals surface area contributed by atoms with Gasteiger partial charge in [0.2, 0.25) is 0 Å². The van der Waals surface area contributed by atoms with E-state index in [1.807, 2.05) is 54.8 Å². The van der Waals surface area contributed by atoms with Gasteiger partial charge in [-0.1, -0.05) is 29.3 Å². The predicted octanol–water partition coefficient (Wildman–Crippen LogP) is 9.81. The number of nitrogens with zero attached hydrogens (tertiary/aromatic N) is 6. The summed E-state index contributed by atoms with van der Waals surface area (Å²) in [5.41, 5.74) is 10.0. The summed E-state index contributed by atoms with van der Waals surface area (Å²) in [7, 11) is 4.10. The van der Waals surface area contributed by atoms with E-state index in [1.54, 1.807) is 18.2 Å². The average Bonchev–Trinajstić information content (AvgIpc) is 3.79. The van der Waals surface area contributed by atoms with Gasteiger partial charge < -0.3 is 28.8 Å². The Morgan fingerprint density at radius 3 is 2.39 bits per heavy atom. The number of halogens is 2. The van der Waals surface area contributed by atoms with Crippen LogP contribution in [0.4, 0.5) is 5.69 Å². The van der Waals surface area contributed by atoms with Crippen LogP contribution in [0.5, 0.6) is 5.75 Å². The molecule has 2 aliphatic heterocycles. The van der Waals surface area contributed by atoms with E-state index in [-0.39, 0.29) is 17.5 Å². The molecule has 3 aromatic heterocycles. The number of rotatable bonds is 10. The van der Waals surface area contributed by atoms with Crippen LogP contribution < -0.4 is 9.64 Å². The number of ether oxygens (including phenoxy) is 1. The number of carbonyl (C=O) groups excluding carboxylic acids is 1. The number of aromatic carboxylic acids is 1. The fourth-order valence-corrected chi connectivity index (χ4v) is 9.60. The van der Waals surface area contributed by atoms with Crippen LogP contribution in [0, 0.1) is 33.6 Å². The molecule has 0 saturated carbocycles. The second kappa shape index (κ2) is 15.2. The Bertz CT molecular complexity index is 2550. The van der Waals surface area contributed by atoms with Crippen LogP contribution in [0.15, 0.2) is 48.7 Å². The van der Waals surface area contributed by atoms with Gasteiger partial charge in [0.25, 0.3) is 5.91 Å². The first-order valence-corrected chi connectivity index (χ1v) is 20.6. The summed E-state index contributed by atoms with van der Waals surface area (Å²) in [5, 5.41) is 18.0. The first kappa shape index (κ1) is 39.1. The van der Waals surface area contributed by atoms with E-state index in [1.165, 1.54) is 0 Å². The fourth-order valence-electron chi connectivity index (χ4n) is 9.25. The third kappa shape index (κ3) is 6.89. The molecule has 1 fully saturated rings. The van der Waals surface area contributed by atoms with Crippen molar-refractivity contribution in [1.82, 2.24) is 23.8 Å². The number of benzene rings is 3. The second-order valence-corrected chi connectivity index (χ2v) is 17.0. The van der Waals surface area contributed by atoms with Gasteiger partial charge in [-0.2, -0.15) is 5.10 Å². The number of carboxylic acids is 1. The minimum absolute atomic E-state index is 0.133. The highest BCUT2D eigenvalue weighted by atomic mass is 35.5. The molecule has 10 nitrogen and oxygen atoms in total. The molecule has 1 N–H and O–H groups in total. The number of amides is 1. The molecule has 0 aliphatic carbocycles. The van der Waals surface area contributed by atoms with E-state index in [0.717, 1.165) is 104 Å². The SMILES string of the molecule is Cc1cc(OCCCc2c3n(c4c(-c5c(C)nn(CC6CCN(C)CC6)c5C)c(Cl)ccc24)C(C)CN(c2cn(C)c4ccc(C(=O)O)cc24)C3=O)cc(C)c1Cl. The first-order chi connectivity index (χ1) is 27.2. The van der Waals surface area contributed by atoms with Gasteiger partial charge in [-0.05, 0) is 139 Å². The summed E-state index contributed by atoms with van der Waals surface area (Å²) < 4.78 is 12.6. The number of fused-ring (bicyclic) bond motifs is 4. The van der Waals surface area contributed by atoms with Gasteiger partial charge in [-0.3, -0.25) is 9.48 Å². The van der Waals surface area contributed by atoms with E-state index >= 15 is 4.79 Å². The fraction of sp³-hybridized carbons (Fsp3) is 0.400. The number of likely N-dealkylation sites (tertiary alicyclic amines) is 1. The summed E-state index contributed by atoms with van der Waals surface area (Å²) >= 11 is 13.7. The van der Waals surface area contributed by atoms with Crippen molar-refractivity contribution in [3.63, 3.8) is 0 Å². The lowest BCUT2D eigenvalue weighted by Gasteiger charge is -2.34. The largest absolute Gasteiger partial charge is 0.494 e. The molecule has 1 amide bonds. The Kier molecular flexibility index (Phi) is 10.4. The van der Waals surface area contributed by atoms with Crippen molar-refractivity contribution in [2.75, 3.05) is 38.2 Å². The van der Waals surface area contributed by atoms with Crippen molar-refractivity contribution in [1.29, 1.82) is 0 Å². The molecule has 0 bridgehead atoms. The molecule has 1 atom stereocenters. The normalized spacial score (nSPS) is 16.6. The summed E-state index contributed by atoms with van der Waals surface area (Å²) in [4.78, 5) is 31.4. The van der Waals surface area contributed by atoms with Gasteiger partial charge in [0.05, 0.1) is 34.1 Å². The lowest BCUT2D eigenvalue weighted by atomic mass is 9.96. The molecule has 0 radical (unpaired) electrons. The van der Waals surface area contributed by atoms with E-state index in [2.05, 4.69) is 48.0 Å². The average molecular weight is 810 g/mol. The molecule has 1 unspecified atom stereocenters. The van der Waals surface area contributed by atoms with Gasteiger partial charge in [0, 0.05) is 70.5 Å². The Labute approximate surface area is 343 Å². The van der Waals surface area contributed by atoms with Crippen molar-refractivity contribution in [2.24, 2.45) is 13.0 Å². The molecule has 3 aromatic carbocycles. The number of hydrogen-bond acceptors (Lipinski definition) is 5. The third-order valence-corrected chi connectivity index (χ3v) is 13.1. The van der Waals surface area contributed by atoms with Crippen LogP contribution in [0.1, 0.15) is 81.2 Å². The van der Waals surface area contributed by atoms with Crippen molar-refractivity contribution < 1.29 is 19.4 Å². The topological polar surface area (TPSA) is 97.8 Å². The van der Waals surface area contributed by atoms with Crippen LogP contribution in [-0.2, 0) is 20.0 Å². The van der Waals surface area contributed by atoms with Crippen LogP contribution in [0.3, 0.4) is 0 Å². The lowest BCUT2D eigenvalue weighted by molar-refractivity contribution is 0.0696. The lowest BCUT2D eigenvalue weighted by Crippen LogP contribution is -2.42. The smallest absolute Gasteiger partial charge is 0.335 e. The summed E-state index contributed by atoms with van der Waals surface area (Å²) in [6, 6.07) is 12.9. The van der Waals surface area contributed by atoms with Gasteiger partial charge in [0.15, 0.2) is 0 Å². The monoisotopic (exact) mass is 808 g/mol. The molecule has 5 heterocycles. The van der Waals surface area contributed by atoms with Gasteiger partial charge in [0.1, 0.15) is 11.4 Å². The molecule has 298 valence electrons. The molecular formula is C45H50Cl2N6O4. The quantitative estimate of drug-likeness (QED) is 0.139. The maximum Gasteiger partial charge on any atom is 0.335 e. The third-order valence-electron chi connectivity index (χ3n) is 12.2. The summed E-state index contributed by atoms with van der Waals surface area (Å²) in [6.45, 7) is 14.2. The minimum atomic E-state index is -1.01. The summed E-state index contributed by atoms with van der Waals surface area (Å²) in [5.74, 6) is 0.176. The molecule has 6 aromatic rings. The van der Waals surface area contributed by atoms with E-state index in [9.17, 15) is 9.90 Å². The van der Waals surface area contributed by atoms with E-state index in [4.69, 9.17) is 33.0 Å². The zero-order chi connectivity index (χ0) is 40.4. The second-order valence-electron chi connectivity index (χ2n) is 16.2. The maximum atomic E-state index is 15.2. The van der Waals surface area contributed by atoms with E-state index < -0.39 is 5.97 Å². The number of anilines is 1. The zero-order valence-corrected chi connectivity index (χ0v) is 35.3. The van der Waals surface area contributed by atoms with Crippen molar-refractivity contribution in [3.05, 3.63) is 98.0 Å². The number of carbonyl (C=O) groups is 2. The van der Waals surface area contributed by atoms with Crippen molar-refractivity contribution in [2.45, 2.75) is 72.9 Å². The Morgan fingerprint density at radius 2 is 1.68 bits per heavy atom.